The van der Waals surface area contributed by atoms with Gasteiger partial charge in [0.05, 0.1) is 5.02 Å². The molecule has 0 bridgehead atoms. The van der Waals surface area contributed by atoms with Crippen molar-refractivity contribution >= 4 is 55.0 Å². The molecule has 1 aromatic carbocycles. The third-order valence-corrected chi connectivity index (χ3v) is 6.80. The van der Waals surface area contributed by atoms with Crippen LogP contribution in [0.2, 0.25) is 5.02 Å². The second kappa shape index (κ2) is 4.44. The number of imide groups is 1. The standard InChI is InChI=1S/C11H7ClN2O4S2/c12-9-6-3-1-2-4-7(6)19-10(9)20(17,18)14-5-8(15)13-11(14)16/h1-4H,5H2,(H,13,15,16). The van der Waals surface area contributed by atoms with Crippen molar-refractivity contribution < 1.29 is 18.0 Å². The number of amides is 3. The van der Waals surface area contributed by atoms with E-state index in [1.165, 1.54) is 0 Å². The molecule has 0 atom stereocenters. The van der Waals surface area contributed by atoms with E-state index in [0.29, 0.717) is 14.4 Å². The van der Waals surface area contributed by atoms with Crippen LogP contribution in [-0.2, 0) is 14.8 Å². The van der Waals surface area contributed by atoms with Gasteiger partial charge >= 0.3 is 6.03 Å². The summed E-state index contributed by atoms with van der Waals surface area (Å²) in [5, 5.41) is 2.59. The van der Waals surface area contributed by atoms with Gasteiger partial charge < -0.3 is 0 Å². The van der Waals surface area contributed by atoms with Crippen molar-refractivity contribution in [2.45, 2.75) is 4.21 Å². The summed E-state index contributed by atoms with van der Waals surface area (Å²) in [4.78, 5) is 22.6. The van der Waals surface area contributed by atoms with Crippen molar-refractivity contribution in [1.29, 1.82) is 0 Å². The van der Waals surface area contributed by atoms with E-state index in [1.54, 1.807) is 24.3 Å². The summed E-state index contributed by atoms with van der Waals surface area (Å²) in [6.45, 7) is -0.522. The molecule has 3 rings (SSSR count). The second-order valence-corrected chi connectivity index (χ2v) is 7.55. The first-order valence-corrected chi connectivity index (χ1v) is 8.08. The summed E-state index contributed by atoms with van der Waals surface area (Å²) in [6.07, 6.45) is 0. The predicted molar refractivity (Wildman–Crippen MR) is 74.3 cm³/mol. The second-order valence-electron chi connectivity index (χ2n) is 4.06. The largest absolute Gasteiger partial charge is 0.338 e. The van der Waals surface area contributed by atoms with Crippen molar-refractivity contribution in [3.05, 3.63) is 29.3 Å². The maximum absolute atomic E-state index is 12.4. The Hall–Kier alpha value is -1.64. The third-order valence-electron chi connectivity index (χ3n) is 2.79. The Labute approximate surface area is 123 Å². The molecule has 2 aromatic rings. The zero-order valence-corrected chi connectivity index (χ0v) is 12.2. The zero-order chi connectivity index (χ0) is 14.5. The van der Waals surface area contributed by atoms with Crippen LogP contribution in [0.4, 0.5) is 4.79 Å². The topological polar surface area (TPSA) is 83.6 Å². The number of urea groups is 1. The summed E-state index contributed by atoms with van der Waals surface area (Å²) < 4.78 is 25.9. The van der Waals surface area contributed by atoms with Crippen LogP contribution in [0.25, 0.3) is 10.1 Å². The molecule has 6 nitrogen and oxygen atoms in total. The van der Waals surface area contributed by atoms with Gasteiger partial charge in [0.1, 0.15) is 6.54 Å². The average Bonchev–Trinajstić information content (AvgIpc) is 2.91. The molecule has 1 aromatic heterocycles. The molecular weight excluding hydrogens is 324 g/mol. The van der Waals surface area contributed by atoms with Crippen molar-refractivity contribution in [3.63, 3.8) is 0 Å². The minimum absolute atomic E-state index is 0.0674. The Morgan fingerprint density at radius 1 is 1.25 bits per heavy atom. The van der Waals surface area contributed by atoms with E-state index in [0.717, 1.165) is 11.3 Å². The molecule has 0 unspecified atom stereocenters. The monoisotopic (exact) mass is 330 g/mol. The molecule has 20 heavy (non-hydrogen) atoms. The van der Waals surface area contributed by atoms with E-state index >= 15 is 0 Å². The van der Waals surface area contributed by atoms with E-state index in [9.17, 15) is 18.0 Å². The Morgan fingerprint density at radius 2 is 1.95 bits per heavy atom. The molecular formula is C11H7ClN2O4S2. The molecule has 1 aliphatic heterocycles. The van der Waals surface area contributed by atoms with E-state index < -0.39 is 28.5 Å². The number of hydrogen-bond donors (Lipinski definition) is 1. The first-order chi connectivity index (χ1) is 9.41. The highest BCUT2D eigenvalue weighted by molar-refractivity contribution is 7.92. The minimum atomic E-state index is -4.13. The maximum atomic E-state index is 12.4. The number of thiophene rings is 1. The maximum Gasteiger partial charge on any atom is 0.338 e. The molecule has 2 heterocycles. The Balaban J connectivity index is 2.17. The molecule has 0 saturated carbocycles. The number of halogens is 1. The number of nitrogens with one attached hydrogen (secondary N) is 1. The number of rotatable bonds is 2. The van der Waals surface area contributed by atoms with Gasteiger partial charge in [-0.15, -0.1) is 11.3 Å². The van der Waals surface area contributed by atoms with Crippen LogP contribution in [0, 0.1) is 0 Å². The van der Waals surface area contributed by atoms with Crippen molar-refractivity contribution in [1.82, 2.24) is 9.62 Å². The molecule has 1 fully saturated rings. The number of carbonyl (C=O) groups excluding carboxylic acids is 2. The van der Waals surface area contributed by atoms with Gasteiger partial charge in [0.25, 0.3) is 10.0 Å². The van der Waals surface area contributed by atoms with Crippen LogP contribution in [0.5, 0.6) is 0 Å². The number of sulfonamides is 1. The van der Waals surface area contributed by atoms with Crippen molar-refractivity contribution in [2.24, 2.45) is 0 Å². The van der Waals surface area contributed by atoms with Crippen LogP contribution < -0.4 is 5.32 Å². The number of hydrogen-bond acceptors (Lipinski definition) is 5. The summed E-state index contributed by atoms with van der Waals surface area (Å²) in [7, 11) is -4.13. The lowest BCUT2D eigenvalue weighted by Crippen LogP contribution is -2.33. The summed E-state index contributed by atoms with van der Waals surface area (Å²) in [6, 6.07) is 5.98. The fraction of sp³-hybridized carbons (Fsp3) is 0.0909. The Bertz CT molecular complexity index is 843. The Kier molecular flexibility index (Phi) is 2.96. The smallest absolute Gasteiger partial charge is 0.275 e. The van der Waals surface area contributed by atoms with Crippen LogP contribution in [0.15, 0.2) is 28.5 Å². The molecule has 3 amide bonds. The lowest BCUT2D eigenvalue weighted by Gasteiger charge is -2.12. The van der Waals surface area contributed by atoms with Gasteiger partial charge in [0.15, 0.2) is 4.21 Å². The van der Waals surface area contributed by atoms with Gasteiger partial charge in [-0.1, -0.05) is 29.8 Å². The highest BCUT2D eigenvalue weighted by Crippen LogP contribution is 2.39. The summed E-state index contributed by atoms with van der Waals surface area (Å²) in [5.74, 6) is -0.657. The molecule has 0 aliphatic carbocycles. The van der Waals surface area contributed by atoms with Crippen LogP contribution >= 0.6 is 22.9 Å². The van der Waals surface area contributed by atoms with E-state index in [1.807, 2.05) is 5.32 Å². The van der Waals surface area contributed by atoms with Gasteiger partial charge in [-0.2, -0.15) is 8.42 Å². The fourth-order valence-corrected chi connectivity index (χ4v) is 5.38. The normalized spacial score (nSPS) is 15.9. The zero-order valence-electron chi connectivity index (χ0n) is 9.79. The SMILES string of the molecule is O=C1CN(S(=O)(=O)c2sc3ccccc3c2Cl)C(=O)N1. The third kappa shape index (κ3) is 1.88. The van der Waals surface area contributed by atoms with Crippen molar-refractivity contribution in [2.75, 3.05) is 6.54 Å². The first kappa shape index (κ1) is 13.3. The van der Waals surface area contributed by atoms with Crippen LogP contribution in [0.1, 0.15) is 0 Å². The fourth-order valence-electron chi connectivity index (χ4n) is 1.88. The van der Waals surface area contributed by atoms with Crippen LogP contribution in [-0.4, -0.2) is 31.2 Å². The first-order valence-electron chi connectivity index (χ1n) is 5.45. The highest BCUT2D eigenvalue weighted by atomic mass is 35.5. The number of benzene rings is 1. The minimum Gasteiger partial charge on any atom is -0.275 e. The molecule has 9 heteroatoms. The van der Waals surface area contributed by atoms with Crippen LogP contribution in [0.3, 0.4) is 0 Å². The predicted octanol–water partition coefficient (Wildman–Crippen LogP) is 1.80. The quantitative estimate of drug-likeness (QED) is 0.851. The van der Waals surface area contributed by atoms with Gasteiger partial charge in [0.2, 0.25) is 5.91 Å². The molecule has 0 radical (unpaired) electrons. The number of nitrogens with zero attached hydrogens (tertiary/aromatic N) is 1. The van der Waals surface area contributed by atoms with E-state index in [-0.39, 0.29) is 9.23 Å². The molecule has 0 spiro atoms. The molecule has 1 aliphatic rings. The van der Waals surface area contributed by atoms with Gasteiger partial charge in [-0.3, -0.25) is 10.1 Å². The van der Waals surface area contributed by atoms with Gasteiger partial charge in [-0.05, 0) is 6.07 Å². The summed E-state index contributed by atoms with van der Waals surface area (Å²) >= 11 is 7.06. The molecule has 104 valence electrons. The number of fused-ring (bicyclic) bond motifs is 1. The van der Waals surface area contributed by atoms with Crippen molar-refractivity contribution in [3.8, 4) is 0 Å². The highest BCUT2D eigenvalue weighted by Gasteiger charge is 2.39. The number of carbonyl (C=O) groups is 2. The van der Waals surface area contributed by atoms with E-state index in [2.05, 4.69) is 0 Å². The average molecular weight is 331 g/mol. The molecule has 1 N–H and O–H groups in total. The summed E-state index contributed by atoms with van der Waals surface area (Å²) in [5.41, 5.74) is 0. The van der Waals surface area contributed by atoms with Gasteiger partial charge in [0, 0.05) is 10.1 Å². The Morgan fingerprint density at radius 3 is 2.55 bits per heavy atom. The lowest BCUT2D eigenvalue weighted by atomic mass is 10.3. The van der Waals surface area contributed by atoms with Gasteiger partial charge in [-0.25, -0.2) is 9.10 Å². The lowest BCUT2D eigenvalue weighted by molar-refractivity contribution is -0.118. The van der Waals surface area contributed by atoms with E-state index in [4.69, 9.17) is 11.6 Å². The molecule has 1 saturated heterocycles.